The average molecular weight is 523 g/mol. The second kappa shape index (κ2) is 9.25. The summed E-state index contributed by atoms with van der Waals surface area (Å²) in [6, 6.07) is 9.52. The predicted octanol–water partition coefficient (Wildman–Crippen LogP) is 5.91. The summed E-state index contributed by atoms with van der Waals surface area (Å²) >= 11 is 2.59. The van der Waals surface area contributed by atoms with Crippen molar-refractivity contribution in [1.29, 1.82) is 0 Å². The summed E-state index contributed by atoms with van der Waals surface area (Å²) in [7, 11) is 0. The van der Waals surface area contributed by atoms with Crippen molar-refractivity contribution in [3.63, 3.8) is 0 Å². The average Bonchev–Trinajstić information content (AvgIpc) is 3.49. The highest BCUT2D eigenvalue weighted by atomic mass is 32.2. The van der Waals surface area contributed by atoms with E-state index in [1.807, 2.05) is 51.1 Å². The number of amidine groups is 1. The SMILES string of the molecule is CCOC(=O)c1c(/N=C2\NN=C(C)\C2=C2/SC=C(O)N2c2ccccc2)sc2c1CC(C)(C)CC2=O. The number of Topliss-reactive ketones (excluding diaryl/α,β-unsaturated/α-hetero) is 1. The molecule has 1 aromatic carbocycles. The molecule has 0 saturated heterocycles. The Bertz CT molecular complexity index is 1390. The Morgan fingerprint density at radius 1 is 1.28 bits per heavy atom. The van der Waals surface area contributed by atoms with Crippen LogP contribution in [0.4, 0.5) is 10.7 Å². The Morgan fingerprint density at radius 2 is 2.03 bits per heavy atom. The Labute approximate surface area is 217 Å². The minimum Gasteiger partial charge on any atom is -0.494 e. The first-order valence-corrected chi connectivity index (χ1v) is 13.3. The van der Waals surface area contributed by atoms with E-state index in [0.717, 1.165) is 10.7 Å². The molecule has 2 aliphatic heterocycles. The van der Waals surface area contributed by atoms with Gasteiger partial charge in [0.1, 0.15) is 10.6 Å². The van der Waals surface area contributed by atoms with Crippen molar-refractivity contribution >= 4 is 57.1 Å². The van der Waals surface area contributed by atoms with Gasteiger partial charge >= 0.3 is 5.97 Å². The maximum atomic E-state index is 13.1. The van der Waals surface area contributed by atoms with Crippen molar-refractivity contribution in [1.82, 2.24) is 5.43 Å². The minimum absolute atomic E-state index is 0.0179. The lowest BCUT2D eigenvalue weighted by molar-refractivity contribution is 0.0526. The molecule has 36 heavy (non-hydrogen) atoms. The highest BCUT2D eigenvalue weighted by Gasteiger charge is 2.38. The fraction of sp³-hybridized carbons (Fsp3) is 0.308. The smallest absolute Gasteiger partial charge is 0.341 e. The number of benzene rings is 1. The Kier molecular flexibility index (Phi) is 6.25. The first-order chi connectivity index (χ1) is 17.2. The monoisotopic (exact) mass is 522 g/mol. The second-order valence-electron chi connectivity index (χ2n) is 9.47. The fourth-order valence-electron chi connectivity index (χ4n) is 4.57. The highest BCUT2D eigenvalue weighted by Crippen LogP contribution is 2.46. The number of thioether (sulfide) groups is 1. The van der Waals surface area contributed by atoms with Gasteiger partial charge in [-0.15, -0.1) is 11.3 Å². The zero-order valence-corrected chi connectivity index (χ0v) is 22.0. The molecule has 0 bridgehead atoms. The molecule has 0 unspecified atom stereocenters. The van der Waals surface area contributed by atoms with Crippen molar-refractivity contribution in [2.75, 3.05) is 11.5 Å². The van der Waals surface area contributed by atoms with Crippen LogP contribution in [0, 0.1) is 5.41 Å². The first-order valence-electron chi connectivity index (χ1n) is 11.6. The summed E-state index contributed by atoms with van der Waals surface area (Å²) in [5.74, 6) is 0.0729. The number of carbonyl (C=O) groups excluding carboxylic acids is 2. The third-order valence-electron chi connectivity index (χ3n) is 6.09. The number of nitrogens with zero attached hydrogens (tertiary/aromatic N) is 3. The summed E-state index contributed by atoms with van der Waals surface area (Å²) in [4.78, 5) is 33.2. The van der Waals surface area contributed by atoms with E-state index in [1.165, 1.54) is 23.1 Å². The molecule has 5 rings (SSSR count). The molecule has 0 amide bonds. The van der Waals surface area contributed by atoms with Crippen molar-refractivity contribution in [2.45, 2.75) is 40.5 Å². The van der Waals surface area contributed by atoms with E-state index in [-0.39, 0.29) is 23.7 Å². The van der Waals surface area contributed by atoms with Crippen LogP contribution in [-0.2, 0) is 11.2 Å². The summed E-state index contributed by atoms with van der Waals surface area (Å²) in [5, 5.41) is 17.8. The van der Waals surface area contributed by atoms with Gasteiger partial charge in [0.25, 0.3) is 0 Å². The van der Waals surface area contributed by atoms with Gasteiger partial charge in [0.2, 0.25) is 5.88 Å². The van der Waals surface area contributed by atoms with Crippen LogP contribution < -0.4 is 10.3 Å². The van der Waals surface area contributed by atoms with Crippen molar-refractivity contribution in [3.05, 3.63) is 68.2 Å². The van der Waals surface area contributed by atoms with Crippen LogP contribution in [0.25, 0.3) is 0 Å². The van der Waals surface area contributed by atoms with E-state index in [2.05, 4.69) is 10.5 Å². The number of hydrogen-bond acceptors (Lipinski definition) is 9. The summed E-state index contributed by atoms with van der Waals surface area (Å²) in [6.45, 7) is 7.89. The number of nitrogens with one attached hydrogen (secondary N) is 1. The number of anilines is 1. The molecule has 3 aliphatic rings. The normalized spacial score (nSPS) is 21.8. The number of hydrazone groups is 1. The number of fused-ring (bicyclic) bond motifs is 1. The molecule has 3 heterocycles. The number of carbonyl (C=O) groups is 2. The van der Waals surface area contributed by atoms with Gasteiger partial charge in [-0.2, -0.15) is 5.10 Å². The zero-order valence-electron chi connectivity index (χ0n) is 20.4. The lowest BCUT2D eigenvalue weighted by Gasteiger charge is -2.28. The first kappa shape index (κ1) is 24.3. The minimum atomic E-state index is -0.481. The predicted molar refractivity (Wildman–Crippen MR) is 144 cm³/mol. The molecule has 0 spiro atoms. The van der Waals surface area contributed by atoms with Crippen LogP contribution in [0.3, 0.4) is 0 Å². The zero-order chi connectivity index (χ0) is 25.6. The number of thiophene rings is 1. The molecule has 0 fully saturated rings. The van der Waals surface area contributed by atoms with Gasteiger partial charge in [0, 0.05) is 17.5 Å². The molecule has 0 atom stereocenters. The molecule has 2 aromatic rings. The van der Waals surface area contributed by atoms with Gasteiger partial charge in [-0.3, -0.25) is 15.1 Å². The van der Waals surface area contributed by atoms with Crippen molar-refractivity contribution < 1.29 is 19.4 Å². The maximum Gasteiger partial charge on any atom is 0.341 e. The lowest BCUT2D eigenvalue weighted by Crippen LogP contribution is -2.27. The highest BCUT2D eigenvalue weighted by molar-refractivity contribution is 8.06. The quantitative estimate of drug-likeness (QED) is 0.481. The van der Waals surface area contributed by atoms with Crippen LogP contribution in [0.2, 0.25) is 0 Å². The number of esters is 1. The number of para-hydroxylation sites is 1. The number of ketones is 1. The van der Waals surface area contributed by atoms with E-state index in [0.29, 0.717) is 51.0 Å². The van der Waals surface area contributed by atoms with Crippen LogP contribution in [0.15, 0.2) is 62.3 Å². The van der Waals surface area contributed by atoms with E-state index in [9.17, 15) is 14.7 Å². The van der Waals surface area contributed by atoms with Gasteiger partial charge in [0.15, 0.2) is 11.6 Å². The standard InChI is InChI=1S/C26H26N4O4S2/c1-5-34-25(33)20-16-11-26(3,4)12-17(31)21(16)36-23(20)27-22-19(14(2)28-29-22)24-30(18(32)13-35-24)15-9-7-6-8-10-15/h6-10,13,32H,5,11-12H2,1-4H3,(H,27,29)/b24-19+. The van der Waals surface area contributed by atoms with Crippen molar-refractivity contribution in [2.24, 2.45) is 15.5 Å². The molecule has 2 N–H and O–H groups in total. The van der Waals surface area contributed by atoms with Gasteiger partial charge in [-0.1, -0.05) is 43.8 Å². The number of hydrogen-bond donors (Lipinski definition) is 2. The van der Waals surface area contributed by atoms with Crippen LogP contribution in [0.1, 0.15) is 59.7 Å². The summed E-state index contributed by atoms with van der Waals surface area (Å²) < 4.78 is 5.37. The third-order valence-corrected chi connectivity index (χ3v) is 8.20. The van der Waals surface area contributed by atoms with Crippen LogP contribution in [0.5, 0.6) is 0 Å². The summed E-state index contributed by atoms with van der Waals surface area (Å²) in [5.41, 5.74) is 5.98. The number of aliphatic hydroxyl groups is 1. The molecule has 0 saturated carbocycles. The van der Waals surface area contributed by atoms with Crippen LogP contribution in [-0.4, -0.2) is 35.0 Å². The topological polar surface area (TPSA) is 104 Å². The molecule has 1 aromatic heterocycles. The third kappa shape index (κ3) is 4.24. The van der Waals surface area contributed by atoms with Gasteiger partial charge in [0.05, 0.1) is 27.8 Å². The van der Waals surface area contributed by atoms with Crippen molar-refractivity contribution in [3.8, 4) is 0 Å². The molecule has 186 valence electrons. The van der Waals surface area contributed by atoms with E-state index in [4.69, 9.17) is 9.73 Å². The molecule has 0 radical (unpaired) electrons. The molecule has 10 heteroatoms. The Morgan fingerprint density at radius 3 is 2.75 bits per heavy atom. The summed E-state index contributed by atoms with van der Waals surface area (Å²) in [6.07, 6.45) is 1.01. The largest absolute Gasteiger partial charge is 0.494 e. The number of aliphatic hydroxyl groups excluding tert-OH is 1. The van der Waals surface area contributed by atoms with Gasteiger partial charge in [-0.25, -0.2) is 9.79 Å². The lowest BCUT2D eigenvalue weighted by atomic mass is 9.75. The van der Waals surface area contributed by atoms with E-state index >= 15 is 0 Å². The van der Waals surface area contributed by atoms with Crippen LogP contribution >= 0.6 is 23.1 Å². The molecule has 1 aliphatic carbocycles. The van der Waals surface area contributed by atoms with E-state index < -0.39 is 5.97 Å². The number of ether oxygens (including phenoxy) is 1. The molecular formula is C26H26N4O4S2. The maximum absolute atomic E-state index is 13.1. The number of rotatable bonds is 4. The second-order valence-corrected chi connectivity index (χ2v) is 11.3. The Balaban J connectivity index is 1.65. The molecular weight excluding hydrogens is 496 g/mol. The Hall–Kier alpha value is -3.37. The van der Waals surface area contributed by atoms with E-state index in [1.54, 1.807) is 17.2 Å². The molecule has 8 nitrogen and oxygen atoms in total. The van der Waals surface area contributed by atoms with Gasteiger partial charge in [-0.05, 0) is 43.4 Å². The van der Waals surface area contributed by atoms with Gasteiger partial charge < -0.3 is 9.84 Å². The number of aliphatic imine (C=N–C) groups is 1. The fourth-order valence-corrected chi connectivity index (χ4v) is 6.68.